The van der Waals surface area contributed by atoms with Crippen molar-refractivity contribution in [2.45, 2.75) is 39.7 Å². The molecule has 0 aromatic rings. The molecule has 0 aromatic heterocycles. The first-order valence-corrected chi connectivity index (χ1v) is 6.74. The quantitative estimate of drug-likeness (QED) is 0.761. The standard InChI is InChI=1S/C13H25N3O2/c1-9(2)12(17)15-7-11-5-4-6-16(8-11)13(18)10(3)14/h9-11H,4-8,14H2,1-3H3,(H,15,17)/t10-,11?/m1/s1. The molecule has 1 rings (SSSR count). The Hall–Kier alpha value is -1.10. The van der Waals surface area contributed by atoms with Crippen molar-refractivity contribution in [1.82, 2.24) is 10.2 Å². The molecule has 0 radical (unpaired) electrons. The Balaban J connectivity index is 2.40. The molecule has 3 N–H and O–H groups in total. The molecule has 1 aliphatic rings. The first kappa shape index (κ1) is 15.0. The van der Waals surface area contributed by atoms with Gasteiger partial charge >= 0.3 is 0 Å². The predicted molar refractivity (Wildman–Crippen MR) is 70.8 cm³/mol. The molecule has 0 saturated carbocycles. The van der Waals surface area contributed by atoms with E-state index in [1.54, 1.807) is 6.92 Å². The fraction of sp³-hybridized carbons (Fsp3) is 0.846. The maximum Gasteiger partial charge on any atom is 0.239 e. The summed E-state index contributed by atoms with van der Waals surface area (Å²) in [7, 11) is 0. The van der Waals surface area contributed by atoms with E-state index in [2.05, 4.69) is 5.32 Å². The third-order valence-electron chi connectivity index (χ3n) is 3.31. The highest BCUT2D eigenvalue weighted by Gasteiger charge is 2.25. The summed E-state index contributed by atoms with van der Waals surface area (Å²) in [5, 5.41) is 2.93. The monoisotopic (exact) mass is 255 g/mol. The summed E-state index contributed by atoms with van der Waals surface area (Å²) in [6.07, 6.45) is 2.04. The van der Waals surface area contributed by atoms with Crippen molar-refractivity contribution in [2.24, 2.45) is 17.6 Å². The number of nitrogens with one attached hydrogen (secondary N) is 1. The van der Waals surface area contributed by atoms with Gasteiger partial charge in [-0.05, 0) is 25.7 Å². The van der Waals surface area contributed by atoms with E-state index in [0.717, 1.165) is 19.4 Å². The largest absolute Gasteiger partial charge is 0.356 e. The highest BCUT2D eigenvalue weighted by atomic mass is 16.2. The lowest BCUT2D eigenvalue weighted by molar-refractivity contribution is -0.134. The molecule has 1 heterocycles. The van der Waals surface area contributed by atoms with Gasteiger partial charge in [0.25, 0.3) is 0 Å². The number of hydrogen-bond donors (Lipinski definition) is 2. The van der Waals surface area contributed by atoms with Gasteiger partial charge in [0, 0.05) is 25.6 Å². The highest BCUT2D eigenvalue weighted by Crippen LogP contribution is 2.16. The van der Waals surface area contributed by atoms with Gasteiger partial charge in [-0.3, -0.25) is 9.59 Å². The molecule has 1 unspecified atom stereocenters. The van der Waals surface area contributed by atoms with Gasteiger partial charge in [0.05, 0.1) is 6.04 Å². The summed E-state index contributed by atoms with van der Waals surface area (Å²) in [4.78, 5) is 25.1. The molecule has 1 aliphatic heterocycles. The molecule has 2 amide bonds. The second-order valence-electron chi connectivity index (χ2n) is 5.48. The van der Waals surface area contributed by atoms with Crippen LogP contribution in [0.1, 0.15) is 33.6 Å². The summed E-state index contributed by atoms with van der Waals surface area (Å²) < 4.78 is 0. The van der Waals surface area contributed by atoms with Crippen LogP contribution in [0.2, 0.25) is 0 Å². The number of piperidine rings is 1. The van der Waals surface area contributed by atoms with Crippen molar-refractivity contribution in [2.75, 3.05) is 19.6 Å². The van der Waals surface area contributed by atoms with E-state index < -0.39 is 6.04 Å². The van der Waals surface area contributed by atoms with Gasteiger partial charge in [-0.25, -0.2) is 0 Å². The van der Waals surface area contributed by atoms with E-state index >= 15 is 0 Å². The summed E-state index contributed by atoms with van der Waals surface area (Å²) in [6.45, 7) is 7.62. The predicted octanol–water partition coefficient (Wildman–Crippen LogP) is 0.344. The summed E-state index contributed by atoms with van der Waals surface area (Å²) >= 11 is 0. The van der Waals surface area contributed by atoms with Crippen LogP contribution in [-0.4, -0.2) is 42.4 Å². The molecule has 18 heavy (non-hydrogen) atoms. The van der Waals surface area contributed by atoms with E-state index in [4.69, 9.17) is 5.73 Å². The van der Waals surface area contributed by atoms with E-state index in [9.17, 15) is 9.59 Å². The Labute approximate surface area is 109 Å². The fourth-order valence-corrected chi connectivity index (χ4v) is 2.17. The van der Waals surface area contributed by atoms with Crippen LogP contribution < -0.4 is 11.1 Å². The van der Waals surface area contributed by atoms with Gasteiger partial charge in [-0.15, -0.1) is 0 Å². The van der Waals surface area contributed by atoms with Crippen LogP contribution in [-0.2, 0) is 9.59 Å². The lowest BCUT2D eigenvalue weighted by Crippen LogP contribution is -2.48. The van der Waals surface area contributed by atoms with Gasteiger partial charge in [0.2, 0.25) is 11.8 Å². The molecule has 0 bridgehead atoms. The van der Waals surface area contributed by atoms with Gasteiger partial charge < -0.3 is 16.0 Å². The first-order chi connectivity index (χ1) is 8.41. The zero-order chi connectivity index (χ0) is 13.7. The number of rotatable bonds is 4. The number of amides is 2. The number of nitrogens with zero attached hydrogens (tertiary/aromatic N) is 1. The number of nitrogens with two attached hydrogens (primary N) is 1. The lowest BCUT2D eigenvalue weighted by atomic mass is 9.97. The first-order valence-electron chi connectivity index (χ1n) is 6.74. The van der Waals surface area contributed by atoms with Gasteiger partial charge in [-0.1, -0.05) is 13.8 Å². The molecule has 1 saturated heterocycles. The minimum absolute atomic E-state index is 0.00915. The Kier molecular flexibility index (Phi) is 5.59. The summed E-state index contributed by atoms with van der Waals surface area (Å²) in [5.74, 6) is 0.445. The van der Waals surface area contributed by atoms with Crippen molar-refractivity contribution >= 4 is 11.8 Å². The van der Waals surface area contributed by atoms with Gasteiger partial charge in [0.1, 0.15) is 0 Å². The van der Waals surface area contributed by atoms with Crippen molar-refractivity contribution < 1.29 is 9.59 Å². The highest BCUT2D eigenvalue weighted by molar-refractivity contribution is 5.81. The third kappa shape index (κ3) is 4.29. The third-order valence-corrected chi connectivity index (χ3v) is 3.31. The van der Waals surface area contributed by atoms with Crippen molar-refractivity contribution in [1.29, 1.82) is 0 Å². The maximum absolute atomic E-state index is 11.8. The number of carbonyl (C=O) groups excluding carboxylic acids is 2. The van der Waals surface area contributed by atoms with Crippen LogP contribution in [0.3, 0.4) is 0 Å². The van der Waals surface area contributed by atoms with Crippen LogP contribution in [0.5, 0.6) is 0 Å². The van der Waals surface area contributed by atoms with Crippen LogP contribution in [0.25, 0.3) is 0 Å². The lowest BCUT2D eigenvalue weighted by Gasteiger charge is -2.34. The number of hydrogen-bond acceptors (Lipinski definition) is 3. The molecule has 0 aliphatic carbocycles. The smallest absolute Gasteiger partial charge is 0.239 e. The average Bonchev–Trinajstić information content (AvgIpc) is 2.35. The molecule has 1 fully saturated rings. The maximum atomic E-state index is 11.8. The van der Waals surface area contributed by atoms with Gasteiger partial charge in [0.15, 0.2) is 0 Å². The van der Waals surface area contributed by atoms with E-state index in [1.807, 2.05) is 18.7 Å². The second-order valence-corrected chi connectivity index (χ2v) is 5.48. The average molecular weight is 255 g/mol. The van der Waals surface area contributed by atoms with Crippen molar-refractivity contribution in [3.8, 4) is 0 Å². The fourth-order valence-electron chi connectivity index (χ4n) is 2.17. The summed E-state index contributed by atoms with van der Waals surface area (Å²) in [5.41, 5.74) is 5.61. The topological polar surface area (TPSA) is 75.4 Å². The van der Waals surface area contributed by atoms with Crippen LogP contribution in [0, 0.1) is 11.8 Å². The summed E-state index contributed by atoms with van der Waals surface area (Å²) in [6, 6.07) is -0.436. The molecule has 5 heteroatoms. The minimum Gasteiger partial charge on any atom is -0.356 e. The molecular weight excluding hydrogens is 230 g/mol. The Morgan fingerprint density at radius 2 is 2.06 bits per heavy atom. The molecule has 0 aromatic carbocycles. The zero-order valence-corrected chi connectivity index (χ0v) is 11.6. The Bertz CT molecular complexity index is 303. The number of carbonyl (C=O) groups is 2. The minimum atomic E-state index is -0.436. The van der Waals surface area contributed by atoms with Gasteiger partial charge in [-0.2, -0.15) is 0 Å². The zero-order valence-electron chi connectivity index (χ0n) is 11.6. The molecular formula is C13H25N3O2. The Morgan fingerprint density at radius 1 is 1.39 bits per heavy atom. The van der Waals surface area contributed by atoms with Crippen LogP contribution in [0.4, 0.5) is 0 Å². The van der Waals surface area contributed by atoms with Crippen LogP contribution >= 0.6 is 0 Å². The van der Waals surface area contributed by atoms with E-state index in [-0.39, 0.29) is 17.7 Å². The van der Waals surface area contributed by atoms with E-state index in [1.165, 1.54) is 0 Å². The van der Waals surface area contributed by atoms with Crippen LogP contribution in [0.15, 0.2) is 0 Å². The second kappa shape index (κ2) is 6.73. The van der Waals surface area contributed by atoms with E-state index in [0.29, 0.717) is 19.0 Å². The Morgan fingerprint density at radius 3 is 2.61 bits per heavy atom. The number of likely N-dealkylation sites (tertiary alicyclic amines) is 1. The molecule has 104 valence electrons. The SMILES string of the molecule is CC(C)C(=O)NCC1CCCN(C(=O)[C@@H](C)N)C1. The molecule has 0 spiro atoms. The molecule has 5 nitrogen and oxygen atoms in total. The van der Waals surface area contributed by atoms with Crippen molar-refractivity contribution in [3.63, 3.8) is 0 Å². The normalized spacial score (nSPS) is 21.8. The van der Waals surface area contributed by atoms with Crippen molar-refractivity contribution in [3.05, 3.63) is 0 Å². The molecule has 2 atom stereocenters.